The van der Waals surface area contributed by atoms with Crippen LogP contribution in [0.15, 0.2) is 0 Å². The molecule has 0 amide bonds. The second kappa shape index (κ2) is 10.2. The molecule has 0 saturated carbocycles. The Kier molecular flexibility index (Phi) is 8.98. The van der Waals surface area contributed by atoms with Gasteiger partial charge in [0.15, 0.2) is 6.10 Å². The second-order valence-electron chi connectivity index (χ2n) is 6.61. The van der Waals surface area contributed by atoms with E-state index in [0.717, 1.165) is 38.5 Å². The number of nitrogens with two attached hydrogens (primary N) is 1. The predicted molar refractivity (Wildman–Crippen MR) is 85.0 cm³/mol. The highest BCUT2D eigenvalue weighted by atomic mass is 16.6. The molecule has 0 aromatic carbocycles. The van der Waals surface area contributed by atoms with E-state index in [4.69, 9.17) is 9.84 Å². The van der Waals surface area contributed by atoms with Gasteiger partial charge in [-0.1, -0.05) is 51.4 Å². The van der Waals surface area contributed by atoms with E-state index in [-0.39, 0.29) is 17.9 Å². The SMILES string of the molecule is [CH2-][NH2+][C@]1(C)O[C@@H]1[C@H](O)CCCCCCCCCCCC(=O)O. The van der Waals surface area contributed by atoms with Crippen LogP contribution < -0.4 is 5.32 Å². The first-order chi connectivity index (χ1) is 10.5. The van der Waals surface area contributed by atoms with Gasteiger partial charge in [-0.15, -0.1) is 7.05 Å². The van der Waals surface area contributed by atoms with Crippen LogP contribution in [0.2, 0.25) is 0 Å². The van der Waals surface area contributed by atoms with E-state index in [2.05, 4.69) is 7.05 Å². The molecule has 1 saturated heterocycles. The molecule has 5 heteroatoms. The Morgan fingerprint density at radius 3 is 2.09 bits per heavy atom. The molecule has 1 heterocycles. The van der Waals surface area contributed by atoms with Crippen LogP contribution in [0.1, 0.15) is 77.6 Å². The molecule has 4 N–H and O–H groups in total. The van der Waals surface area contributed by atoms with Gasteiger partial charge in [-0.25, -0.2) is 0 Å². The minimum Gasteiger partial charge on any atom is -0.481 e. The smallest absolute Gasteiger partial charge is 0.303 e. The first kappa shape index (κ1) is 19.4. The molecule has 0 bridgehead atoms. The van der Waals surface area contributed by atoms with Crippen LogP contribution in [0.25, 0.3) is 0 Å². The zero-order valence-corrected chi connectivity index (χ0v) is 13.9. The van der Waals surface area contributed by atoms with Gasteiger partial charge >= 0.3 is 5.97 Å². The summed E-state index contributed by atoms with van der Waals surface area (Å²) >= 11 is 0. The van der Waals surface area contributed by atoms with E-state index in [1.54, 1.807) is 5.32 Å². The summed E-state index contributed by atoms with van der Waals surface area (Å²) < 4.78 is 5.47. The number of ether oxygens (including phenoxy) is 1. The summed E-state index contributed by atoms with van der Waals surface area (Å²) in [5.74, 6) is -0.688. The fourth-order valence-corrected chi connectivity index (χ4v) is 2.88. The average molecular weight is 315 g/mol. The lowest BCUT2D eigenvalue weighted by atomic mass is 10.0. The first-order valence-electron chi connectivity index (χ1n) is 8.71. The summed E-state index contributed by atoms with van der Waals surface area (Å²) in [5.41, 5.74) is -0.306. The highest BCUT2D eigenvalue weighted by Crippen LogP contribution is 2.33. The molecule has 0 aromatic rings. The van der Waals surface area contributed by atoms with Crippen molar-refractivity contribution in [3.05, 3.63) is 7.05 Å². The van der Waals surface area contributed by atoms with Crippen molar-refractivity contribution in [3.63, 3.8) is 0 Å². The van der Waals surface area contributed by atoms with Crippen molar-refractivity contribution in [1.29, 1.82) is 0 Å². The van der Waals surface area contributed by atoms with Crippen molar-refractivity contribution >= 4 is 5.97 Å². The molecule has 130 valence electrons. The third-order valence-electron chi connectivity index (χ3n) is 4.53. The molecule has 1 aliphatic heterocycles. The molecule has 0 aliphatic carbocycles. The molecule has 5 nitrogen and oxygen atoms in total. The van der Waals surface area contributed by atoms with E-state index < -0.39 is 5.97 Å². The number of epoxide rings is 1. The van der Waals surface area contributed by atoms with Crippen LogP contribution in [-0.2, 0) is 9.53 Å². The molecule has 0 aromatic heterocycles. The Labute approximate surface area is 134 Å². The minimum atomic E-state index is -0.688. The van der Waals surface area contributed by atoms with E-state index in [1.807, 2.05) is 6.92 Å². The monoisotopic (exact) mass is 315 g/mol. The Balaban J connectivity index is 1.81. The summed E-state index contributed by atoms with van der Waals surface area (Å²) in [6.07, 6.45) is 10.8. The number of aliphatic hydroxyl groups excluding tert-OH is 1. The van der Waals surface area contributed by atoms with Gasteiger partial charge in [0.25, 0.3) is 0 Å². The highest BCUT2D eigenvalue weighted by molar-refractivity contribution is 5.66. The van der Waals surface area contributed by atoms with Crippen molar-refractivity contribution in [2.75, 3.05) is 0 Å². The van der Waals surface area contributed by atoms with E-state index in [9.17, 15) is 9.90 Å². The van der Waals surface area contributed by atoms with Crippen molar-refractivity contribution in [3.8, 4) is 0 Å². The Morgan fingerprint density at radius 2 is 1.64 bits per heavy atom. The van der Waals surface area contributed by atoms with Gasteiger partial charge in [-0.2, -0.15) is 0 Å². The molecule has 0 radical (unpaired) electrons. The predicted octanol–water partition coefficient (Wildman–Crippen LogP) is 2.19. The van der Waals surface area contributed by atoms with Crippen LogP contribution in [-0.4, -0.2) is 34.1 Å². The number of carbonyl (C=O) groups is 1. The van der Waals surface area contributed by atoms with Crippen molar-refractivity contribution < 1.29 is 25.1 Å². The fourth-order valence-electron chi connectivity index (χ4n) is 2.88. The van der Waals surface area contributed by atoms with E-state index >= 15 is 0 Å². The number of unbranched alkanes of at least 4 members (excludes halogenated alkanes) is 8. The van der Waals surface area contributed by atoms with Crippen molar-refractivity contribution in [2.24, 2.45) is 0 Å². The van der Waals surface area contributed by atoms with E-state index in [1.165, 1.54) is 25.7 Å². The number of aliphatic carboxylic acids is 1. The molecule has 1 aliphatic rings. The van der Waals surface area contributed by atoms with Gasteiger partial charge in [-0.05, 0) is 12.8 Å². The van der Waals surface area contributed by atoms with Gasteiger partial charge < -0.3 is 20.3 Å². The molecule has 3 atom stereocenters. The maximum Gasteiger partial charge on any atom is 0.303 e. The zero-order chi connectivity index (χ0) is 16.4. The average Bonchev–Trinajstić information content (AvgIpc) is 3.17. The summed E-state index contributed by atoms with van der Waals surface area (Å²) in [5, 5.41) is 20.3. The Bertz CT molecular complexity index is 324. The third-order valence-corrected chi connectivity index (χ3v) is 4.53. The number of hydrogen-bond acceptors (Lipinski definition) is 3. The Morgan fingerprint density at radius 1 is 1.14 bits per heavy atom. The van der Waals surface area contributed by atoms with Crippen LogP contribution in [0.3, 0.4) is 0 Å². The molecule has 22 heavy (non-hydrogen) atoms. The highest BCUT2D eigenvalue weighted by Gasteiger charge is 2.57. The van der Waals surface area contributed by atoms with Gasteiger partial charge in [0.1, 0.15) is 0 Å². The molecular weight excluding hydrogens is 282 g/mol. The fraction of sp³-hybridized carbons (Fsp3) is 0.882. The number of aliphatic hydroxyl groups is 1. The lowest BCUT2D eigenvalue weighted by Crippen LogP contribution is -2.86. The first-order valence-corrected chi connectivity index (χ1v) is 8.71. The van der Waals surface area contributed by atoms with Gasteiger partial charge in [0, 0.05) is 13.3 Å². The zero-order valence-electron chi connectivity index (χ0n) is 13.9. The number of rotatable bonds is 14. The van der Waals surface area contributed by atoms with E-state index in [0.29, 0.717) is 6.42 Å². The maximum atomic E-state index is 10.4. The van der Waals surface area contributed by atoms with Gasteiger partial charge in [0.05, 0.1) is 6.10 Å². The molecule has 1 rings (SSSR count). The number of carboxylic acids is 1. The van der Waals surface area contributed by atoms with Gasteiger partial charge in [-0.3, -0.25) is 4.79 Å². The number of quaternary nitrogens is 1. The third kappa shape index (κ3) is 7.56. The maximum absolute atomic E-state index is 10.4. The standard InChI is InChI=1S/C17H33NO4/c1-17(18-2)16(22-17)14(19)12-10-8-6-4-3-5-7-9-11-13-15(20)21/h14,16,19H,2-13,18H2,1H3,(H,20,21)/t14-,16-,17-/m1/s1. The summed E-state index contributed by atoms with van der Waals surface area (Å²) in [7, 11) is 3.73. The second-order valence-corrected chi connectivity index (χ2v) is 6.61. The van der Waals surface area contributed by atoms with Crippen LogP contribution in [0, 0.1) is 7.05 Å². The minimum absolute atomic E-state index is 0.0594. The normalized spacial score (nSPS) is 25.1. The molecule has 0 spiro atoms. The lowest BCUT2D eigenvalue weighted by molar-refractivity contribution is -0.666. The summed E-state index contributed by atoms with van der Waals surface area (Å²) in [6, 6.07) is 0. The topological polar surface area (TPSA) is 86.7 Å². The largest absolute Gasteiger partial charge is 0.481 e. The summed E-state index contributed by atoms with van der Waals surface area (Å²) in [4.78, 5) is 10.4. The van der Waals surface area contributed by atoms with Crippen LogP contribution in [0.5, 0.6) is 0 Å². The summed E-state index contributed by atoms with van der Waals surface area (Å²) in [6.45, 7) is 1.96. The lowest BCUT2D eigenvalue weighted by Gasteiger charge is -2.10. The molecule has 1 fully saturated rings. The molecular formula is C17H33NO4. The van der Waals surface area contributed by atoms with Crippen LogP contribution >= 0.6 is 0 Å². The van der Waals surface area contributed by atoms with Crippen molar-refractivity contribution in [2.45, 2.75) is 95.5 Å². The molecule has 0 unspecified atom stereocenters. The van der Waals surface area contributed by atoms with Crippen LogP contribution in [0.4, 0.5) is 0 Å². The Hall–Kier alpha value is -0.650. The number of hydrogen-bond donors (Lipinski definition) is 3. The quantitative estimate of drug-likeness (QED) is 0.260. The van der Waals surface area contributed by atoms with Gasteiger partial charge in [0.2, 0.25) is 5.72 Å². The van der Waals surface area contributed by atoms with Crippen molar-refractivity contribution in [1.82, 2.24) is 0 Å². The number of carboxylic acid groups (broad SMARTS) is 1.